The standard InChI is InChI=1S/C10H14BrNO/c1-12-9(6-7-2-3-7)10-8(11)4-5-13-10/h4-5,7,9,12H,2-3,6H2,1H3. The zero-order valence-corrected chi connectivity index (χ0v) is 9.30. The van der Waals surface area contributed by atoms with Crippen molar-refractivity contribution in [3.63, 3.8) is 0 Å². The fourth-order valence-electron chi connectivity index (χ4n) is 1.60. The zero-order chi connectivity index (χ0) is 9.26. The van der Waals surface area contributed by atoms with E-state index < -0.39 is 0 Å². The normalized spacial score (nSPS) is 18.9. The molecule has 0 amide bonds. The monoisotopic (exact) mass is 243 g/mol. The summed E-state index contributed by atoms with van der Waals surface area (Å²) in [4.78, 5) is 0. The average molecular weight is 244 g/mol. The maximum Gasteiger partial charge on any atom is 0.134 e. The van der Waals surface area contributed by atoms with E-state index in [1.165, 1.54) is 19.3 Å². The number of furan rings is 1. The highest BCUT2D eigenvalue weighted by Gasteiger charge is 2.27. The van der Waals surface area contributed by atoms with Gasteiger partial charge in [0.05, 0.1) is 16.8 Å². The minimum absolute atomic E-state index is 0.372. The lowest BCUT2D eigenvalue weighted by atomic mass is 10.1. The van der Waals surface area contributed by atoms with Crippen LogP contribution in [0.15, 0.2) is 21.2 Å². The molecule has 0 radical (unpaired) electrons. The van der Waals surface area contributed by atoms with Crippen LogP contribution >= 0.6 is 15.9 Å². The van der Waals surface area contributed by atoms with Crippen molar-refractivity contribution in [2.24, 2.45) is 5.92 Å². The molecule has 2 rings (SSSR count). The molecular weight excluding hydrogens is 230 g/mol. The fourth-order valence-corrected chi connectivity index (χ4v) is 2.07. The van der Waals surface area contributed by atoms with E-state index in [-0.39, 0.29) is 0 Å². The molecule has 0 aliphatic heterocycles. The summed E-state index contributed by atoms with van der Waals surface area (Å²) in [6.45, 7) is 0. The van der Waals surface area contributed by atoms with Crippen molar-refractivity contribution in [1.29, 1.82) is 0 Å². The molecule has 1 aromatic heterocycles. The maximum absolute atomic E-state index is 5.44. The third-order valence-electron chi connectivity index (χ3n) is 2.58. The molecule has 72 valence electrons. The minimum atomic E-state index is 0.372. The van der Waals surface area contributed by atoms with Crippen LogP contribution in [0.5, 0.6) is 0 Å². The third-order valence-corrected chi connectivity index (χ3v) is 3.23. The van der Waals surface area contributed by atoms with Gasteiger partial charge in [-0.05, 0) is 41.4 Å². The van der Waals surface area contributed by atoms with E-state index in [1.54, 1.807) is 6.26 Å². The predicted octanol–water partition coefficient (Wildman–Crippen LogP) is 3.10. The Bertz CT molecular complexity index is 280. The second-order valence-electron chi connectivity index (χ2n) is 3.65. The topological polar surface area (TPSA) is 25.2 Å². The highest BCUT2D eigenvalue weighted by molar-refractivity contribution is 9.10. The molecule has 0 spiro atoms. The van der Waals surface area contributed by atoms with Gasteiger partial charge < -0.3 is 9.73 Å². The van der Waals surface area contributed by atoms with Crippen molar-refractivity contribution < 1.29 is 4.42 Å². The van der Waals surface area contributed by atoms with Gasteiger partial charge in [-0.15, -0.1) is 0 Å². The Kier molecular flexibility index (Phi) is 2.74. The summed E-state index contributed by atoms with van der Waals surface area (Å²) >= 11 is 3.48. The van der Waals surface area contributed by atoms with Crippen molar-refractivity contribution in [2.75, 3.05) is 7.05 Å². The van der Waals surface area contributed by atoms with Gasteiger partial charge in [0.2, 0.25) is 0 Å². The van der Waals surface area contributed by atoms with E-state index in [1.807, 2.05) is 13.1 Å². The van der Waals surface area contributed by atoms with Crippen LogP contribution in [0.3, 0.4) is 0 Å². The van der Waals surface area contributed by atoms with Gasteiger partial charge in [0.25, 0.3) is 0 Å². The SMILES string of the molecule is CNC(CC1CC1)c1occc1Br. The Labute approximate surface area is 86.8 Å². The summed E-state index contributed by atoms with van der Waals surface area (Å²) in [6, 6.07) is 2.32. The van der Waals surface area contributed by atoms with Gasteiger partial charge in [-0.3, -0.25) is 0 Å². The average Bonchev–Trinajstić information content (AvgIpc) is 2.85. The molecule has 1 atom stereocenters. The molecule has 0 bridgehead atoms. The van der Waals surface area contributed by atoms with E-state index >= 15 is 0 Å². The van der Waals surface area contributed by atoms with Crippen LogP contribution in [0.2, 0.25) is 0 Å². The molecular formula is C10H14BrNO. The predicted molar refractivity (Wildman–Crippen MR) is 55.5 cm³/mol. The van der Waals surface area contributed by atoms with Crippen molar-refractivity contribution in [1.82, 2.24) is 5.32 Å². The second kappa shape index (κ2) is 3.84. The summed E-state index contributed by atoms with van der Waals surface area (Å²) in [7, 11) is 1.99. The van der Waals surface area contributed by atoms with Gasteiger partial charge in [0, 0.05) is 0 Å². The highest BCUT2D eigenvalue weighted by atomic mass is 79.9. The molecule has 1 fully saturated rings. The Morgan fingerprint density at radius 1 is 1.69 bits per heavy atom. The Balaban J connectivity index is 2.06. The van der Waals surface area contributed by atoms with Crippen LogP contribution in [0.25, 0.3) is 0 Å². The maximum atomic E-state index is 5.44. The molecule has 1 saturated carbocycles. The summed E-state index contributed by atoms with van der Waals surface area (Å²) < 4.78 is 6.51. The van der Waals surface area contributed by atoms with Crippen LogP contribution < -0.4 is 5.32 Å². The molecule has 1 aromatic rings. The van der Waals surface area contributed by atoms with E-state index in [4.69, 9.17) is 4.42 Å². The zero-order valence-electron chi connectivity index (χ0n) is 7.72. The number of hydrogen-bond donors (Lipinski definition) is 1. The first-order valence-electron chi connectivity index (χ1n) is 4.71. The van der Waals surface area contributed by atoms with Crippen LogP contribution in [0.4, 0.5) is 0 Å². The van der Waals surface area contributed by atoms with E-state index in [9.17, 15) is 0 Å². The molecule has 1 aliphatic carbocycles. The fraction of sp³-hybridized carbons (Fsp3) is 0.600. The van der Waals surface area contributed by atoms with Crippen LogP contribution in [0, 0.1) is 5.92 Å². The smallest absolute Gasteiger partial charge is 0.134 e. The van der Waals surface area contributed by atoms with Crippen LogP contribution in [0.1, 0.15) is 31.1 Å². The van der Waals surface area contributed by atoms with E-state index in [0.717, 1.165) is 16.2 Å². The Hall–Kier alpha value is -0.280. The van der Waals surface area contributed by atoms with Gasteiger partial charge in [-0.2, -0.15) is 0 Å². The number of halogens is 1. The van der Waals surface area contributed by atoms with E-state index in [2.05, 4.69) is 21.2 Å². The first-order chi connectivity index (χ1) is 6.31. The Morgan fingerprint density at radius 3 is 2.92 bits per heavy atom. The van der Waals surface area contributed by atoms with E-state index in [0.29, 0.717) is 6.04 Å². The third kappa shape index (κ3) is 2.15. The van der Waals surface area contributed by atoms with Crippen molar-refractivity contribution in [3.05, 3.63) is 22.6 Å². The van der Waals surface area contributed by atoms with Crippen molar-refractivity contribution in [2.45, 2.75) is 25.3 Å². The molecule has 13 heavy (non-hydrogen) atoms. The first-order valence-corrected chi connectivity index (χ1v) is 5.50. The number of hydrogen-bond acceptors (Lipinski definition) is 2. The molecule has 1 heterocycles. The lowest BCUT2D eigenvalue weighted by Crippen LogP contribution is -2.16. The molecule has 0 saturated heterocycles. The molecule has 1 unspecified atom stereocenters. The van der Waals surface area contributed by atoms with Gasteiger partial charge in [0.15, 0.2) is 0 Å². The summed E-state index contributed by atoms with van der Waals surface area (Å²) in [5.41, 5.74) is 0. The van der Waals surface area contributed by atoms with Crippen molar-refractivity contribution in [3.8, 4) is 0 Å². The summed E-state index contributed by atoms with van der Waals surface area (Å²) in [6.07, 6.45) is 5.70. The van der Waals surface area contributed by atoms with Crippen molar-refractivity contribution >= 4 is 15.9 Å². The highest BCUT2D eigenvalue weighted by Crippen LogP contribution is 2.39. The van der Waals surface area contributed by atoms with Gasteiger partial charge in [0.1, 0.15) is 5.76 Å². The number of nitrogens with one attached hydrogen (secondary N) is 1. The lowest BCUT2D eigenvalue weighted by Gasteiger charge is -2.13. The second-order valence-corrected chi connectivity index (χ2v) is 4.51. The first kappa shape index (κ1) is 9.28. The molecule has 2 nitrogen and oxygen atoms in total. The Morgan fingerprint density at radius 2 is 2.46 bits per heavy atom. The van der Waals surface area contributed by atoms with Gasteiger partial charge in [-0.25, -0.2) is 0 Å². The van der Waals surface area contributed by atoms with Crippen LogP contribution in [-0.2, 0) is 0 Å². The minimum Gasteiger partial charge on any atom is -0.466 e. The quantitative estimate of drug-likeness (QED) is 0.880. The lowest BCUT2D eigenvalue weighted by molar-refractivity contribution is 0.399. The molecule has 3 heteroatoms. The molecule has 1 aliphatic rings. The van der Waals surface area contributed by atoms with Crippen LogP contribution in [-0.4, -0.2) is 7.05 Å². The van der Waals surface area contributed by atoms with Gasteiger partial charge in [-0.1, -0.05) is 12.8 Å². The summed E-state index contributed by atoms with van der Waals surface area (Å²) in [5.74, 6) is 1.95. The molecule has 0 aromatic carbocycles. The largest absolute Gasteiger partial charge is 0.466 e. The summed E-state index contributed by atoms with van der Waals surface area (Å²) in [5, 5.41) is 3.29. The molecule has 1 N–H and O–H groups in total. The van der Waals surface area contributed by atoms with Gasteiger partial charge >= 0.3 is 0 Å². The number of rotatable bonds is 4.